The van der Waals surface area contributed by atoms with Crippen LogP contribution < -0.4 is 0 Å². The first kappa shape index (κ1) is 16.5. The first-order valence-corrected chi connectivity index (χ1v) is 8.88. The number of aromatic nitrogens is 3. The van der Waals surface area contributed by atoms with Crippen LogP contribution in [0.5, 0.6) is 0 Å². The SMILES string of the molecule is Cc1cc(C(=O)N2CCC(C3OCCO3)CC2)c2c(C)nn(C)c2n1. The predicted octanol–water partition coefficient (Wildman–Crippen LogP) is 1.81. The number of likely N-dealkylation sites (tertiary alicyclic amines) is 1. The Labute approximate surface area is 146 Å². The molecule has 7 nitrogen and oxygen atoms in total. The number of hydrogen-bond donors (Lipinski definition) is 0. The highest BCUT2D eigenvalue weighted by molar-refractivity contribution is 6.06. The van der Waals surface area contributed by atoms with Crippen LogP contribution in [0, 0.1) is 19.8 Å². The largest absolute Gasteiger partial charge is 0.350 e. The molecule has 0 radical (unpaired) electrons. The van der Waals surface area contributed by atoms with E-state index in [9.17, 15) is 4.79 Å². The molecule has 0 aliphatic carbocycles. The average Bonchev–Trinajstić information content (AvgIpc) is 3.23. The van der Waals surface area contributed by atoms with Gasteiger partial charge in [-0.15, -0.1) is 0 Å². The normalized spacial score (nSPS) is 19.9. The highest BCUT2D eigenvalue weighted by Gasteiger charge is 2.32. The molecule has 0 atom stereocenters. The molecule has 0 saturated carbocycles. The number of ether oxygens (including phenoxy) is 2. The monoisotopic (exact) mass is 344 g/mol. The quantitative estimate of drug-likeness (QED) is 0.831. The van der Waals surface area contributed by atoms with Gasteiger partial charge in [-0.1, -0.05) is 0 Å². The fourth-order valence-electron chi connectivity index (χ4n) is 3.93. The molecule has 2 aromatic rings. The van der Waals surface area contributed by atoms with Gasteiger partial charge < -0.3 is 14.4 Å². The van der Waals surface area contributed by atoms with Gasteiger partial charge in [-0.2, -0.15) is 5.10 Å². The van der Waals surface area contributed by atoms with Crippen molar-refractivity contribution in [2.45, 2.75) is 33.0 Å². The van der Waals surface area contributed by atoms with Crippen molar-refractivity contribution in [1.29, 1.82) is 0 Å². The van der Waals surface area contributed by atoms with Gasteiger partial charge in [0.1, 0.15) is 0 Å². The minimum Gasteiger partial charge on any atom is -0.350 e. The van der Waals surface area contributed by atoms with Crippen molar-refractivity contribution >= 4 is 16.9 Å². The Bertz CT molecular complexity index is 802. The fourth-order valence-corrected chi connectivity index (χ4v) is 3.93. The van der Waals surface area contributed by atoms with Crippen LogP contribution in [-0.4, -0.2) is 58.2 Å². The van der Waals surface area contributed by atoms with Gasteiger partial charge >= 0.3 is 0 Å². The molecule has 134 valence electrons. The number of piperidine rings is 1. The average molecular weight is 344 g/mol. The summed E-state index contributed by atoms with van der Waals surface area (Å²) in [6, 6.07) is 1.88. The number of nitrogens with zero attached hydrogens (tertiary/aromatic N) is 4. The summed E-state index contributed by atoms with van der Waals surface area (Å²) in [6.07, 6.45) is 1.73. The number of pyridine rings is 1. The molecule has 2 saturated heterocycles. The summed E-state index contributed by atoms with van der Waals surface area (Å²) in [6.45, 7) is 6.66. The molecule has 2 aromatic heterocycles. The Morgan fingerprint density at radius 1 is 1.20 bits per heavy atom. The number of amides is 1. The molecule has 0 aromatic carbocycles. The van der Waals surface area contributed by atoms with Crippen LogP contribution in [0.25, 0.3) is 11.0 Å². The van der Waals surface area contributed by atoms with Crippen LogP contribution in [0.2, 0.25) is 0 Å². The number of carbonyl (C=O) groups excluding carboxylic acids is 1. The Hall–Kier alpha value is -1.99. The first-order valence-electron chi connectivity index (χ1n) is 8.88. The van der Waals surface area contributed by atoms with E-state index in [1.165, 1.54) is 0 Å². The number of carbonyl (C=O) groups is 1. The third-order valence-electron chi connectivity index (χ3n) is 5.19. The molecule has 0 spiro atoms. The lowest BCUT2D eigenvalue weighted by Crippen LogP contribution is -2.41. The Kier molecular flexibility index (Phi) is 4.21. The van der Waals surface area contributed by atoms with Crippen LogP contribution in [0.3, 0.4) is 0 Å². The number of rotatable bonds is 2. The van der Waals surface area contributed by atoms with Crippen LogP contribution >= 0.6 is 0 Å². The Morgan fingerprint density at radius 2 is 1.88 bits per heavy atom. The summed E-state index contributed by atoms with van der Waals surface area (Å²) >= 11 is 0. The van der Waals surface area contributed by atoms with Gasteiger partial charge in [0.15, 0.2) is 11.9 Å². The summed E-state index contributed by atoms with van der Waals surface area (Å²) in [7, 11) is 1.86. The molecule has 2 aliphatic heterocycles. The lowest BCUT2D eigenvalue weighted by atomic mass is 9.95. The Balaban J connectivity index is 1.56. The topological polar surface area (TPSA) is 69.5 Å². The second kappa shape index (κ2) is 6.38. The van der Waals surface area contributed by atoms with Crippen molar-refractivity contribution in [2.24, 2.45) is 13.0 Å². The summed E-state index contributed by atoms with van der Waals surface area (Å²) in [5.74, 6) is 0.448. The van der Waals surface area contributed by atoms with Gasteiger partial charge in [-0.05, 0) is 32.8 Å². The van der Waals surface area contributed by atoms with E-state index in [1.807, 2.05) is 31.9 Å². The minimum absolute atomic E-state index is 0.0679. The summed E-state index contributed by atoms with van der Waals surface area (Å²) < 4.78 is 13.0. The summed E-state index contributed by atoms with van der Waals surface area (Å²) in [5.41, 5.74) is 3.15. The van der Waals surface area contributed by atoms with Gasteiger partial charge in [0.25, 0.3) is 5.91 Å². The summed E-state index contributed by atoms with van der Waals surface area (Å²) in [4.78, 5) is 19.6. The maximum atomic E-state index is 13.2. The third-order valence-corrected chi connectivity index (χ3v) is 5.19. The fraction of sp³-hybridized carbons (Fsp3) is 0.611. The van der Waals surface area contributed by atoms with E-state index in [0.717, 1.165) is 48.4 Å². The lowest BCUT2D eigenvalue weighted by molar-refractivity contribution is -0.0956. The van der Waals surface area contributed by atoms with Crippen molar-refractivity contribution in [3.8, 4) is 0 Å². The first-order chi connectivity index (χ1) is 12.0. The van der Waals surface area contributed by atoms with E-state index < -0.39 is 0 Å². The maximum absolute atomic E-state index is 13.2. The van der Waals surface area contributed by atoms with Crippen molar-refractivity contribution in [2.75, 3.05) is 26.3 Å². The van der Waals surface area contributed by atoms with E-state index in [2.05, 4.69) is 10.1 Å². The second-order valence-corrected chi connectivity index (χ2v) is 6.96. The van der Waals surface area contributed by atoms with Crippen molar-refractivity contribution < 1.29 is 14.3 Å². The van der Waals surface area contributed by atoms with Crippen molar-refractivity contribution in [1.82, 2.24) is 19.7 Å². The van der Waals surface area contributed by atoms with E-state index in [-0.39, 0.29) is 12.2 Å². The molecule has 7 heteroatoms. The van der Waals surface area contributed by atoms with Crippen molar-refractivity contribution in [3.05, 3.63) is 23.0 Å². The maximum Gasteiger partial charge on any atom is 0.254 e. The zero-order valence-electron chi connectivity index (χ0n) is 15.0. The minimum atomic E-state index is -0.0901. The summed E-state index contributed by atoms with van der Waals surface area (Å²) in [5, 5.41) is 5.30. The van der Waals surface area contributed by atoms with E-state index >= 15 is 0 Å². The van der Waals surface area contributed by atoms with Crippen LogP contribution in [-0.2, 0) is 16.5 Å². The van der Waals surface area contributed by atoms with Gasteiger partial charge in [0.2, 0.25) is 0 Å². The van der Waals surface area contributed by atoms with Gasteiger partial charge in [-0.3, -0.25) is 9.48 Å². The predicted molar refractivity (Wildman–Crippen MR) is 92.3 cm³/mol. The highest BCUT2D eigenvalue weighted by atomic mass is 16.7. The molecule has 1 amide bonds. The molecule has 0 bridgehead atoms. The number of hydrogen-bond acceptors (Lipinski definition) is 5. The number of aryl methyl sites for hydroxylation is 3. The van der Waals surface area contributed by atoms with Crippen LogP contribution in [0.15, 0.2) is 6.07 Å². The van der Waals surface area contributed by atoms with Crippen molar-refractivity contribution in [3.63, 3.8) is 0 Å². The lowest BCUT2D eigenvalue weighted by Gasteiger charge is -2.34. The van der Waals surface area contributed by atoms with Gasteiger partial charge in [0.05, 0.1) is 29.9 Å². The van der Waals surface area contributed by atoms with Crippen LogP contribution in [0.4, 0.5) is 0 Å². The standard InChI is InChI=1S/C18H24N4O3/c1-11-10-14(15-12(2)20-21(3)16(15)19-11)17(23)22-6-4-13(5-7-22)18-24-8-9-25-18/h10,13,18H,4-9H2,1-3H3. The second-order valence-electron chi connectivity index (χ2n) is 6.96. The zero-order valence-corrected chi connectivity index (χ0v) is 15.0. The molecule has 2 aliphatic rings. The molecule has 2 fully saturated rings. The van der Waals surface area contributed by atoms with Gasteiger partial charge in [0, 0.05) is 31.7 Å². The zero-order chi connectivity index (χ0) is 17.6. The third kappa shape index (κ3) is 2.91. The van der Waals surface area contributed by atoms with Crippen LogP contribution in [0.1, 0.15) is 34.6 Å². The Morgan fingerprint density at radius 3 is 2.56 bits per heavy atom. The number of fused-ring (bicyclic) bond motifs is 1. The molecular formula is C18H24N4O3. The smallest absolute Gasteiger partial charge is 0.254 e. The molecule has 0 N–H and O–H groups in total. The highest BCUT2D eigenvalue weighted by Crippen LogP contribution is 2.28. The molecule has 0 unspecified atom stereocenters. The van der Waals surface area contributed by atoms with E-state index in [1.54, 1.807) is 4.68 Å². The molecular weight excluding hydrogens is 320 g/mol. The molecule has 4 rings (SSSR count). The van der Waals surface area contributed by atoms with E-state index in [4.69, 9.17) is 9.47 Å². The van der Waals surface area contributed by atoms with E-state index in [0.29, 0.717) is 24.7 Å². The van der Waals surface area contributed by atoms with Gasteiger partial charge in [-0.25, -0.2) is 4.98 Å². The molecule has 4 heterocycles. The molecule has 25 heavy (non-hydrogen) atoms.